The molecule has 3 aromatic heterocycles. The molecule has 0 spiro atoms. The van der Waals surface area contributed by atoms with Crippen molar-refractivity contribution in [2.75, 3.05) is 11.9 Å². The molecular weight excluding hydrogens is 703 g/mol. The number of thiophene rings is 1. The summed E-state index contributed by atoms with van der Waals surface area (Å²) >= 11 is 1.26. The largest absolute Gasteiger partial charge is 0.433 e. The number of amides is 6. The van der Waals surface area contributed by atoms with E-state index in [9.17, 15) is 41.9 Å². The number of imide groups is 2. The highest BCUT2D eigenvalue weighted by molar-refractivity contribution is 7.13. The summed E-state index contributed by atoms with van der Waals surface area (Å²) in [6.07, 6.45) is 1.33. The van der Waals surface area contributed by atoms with Crippen LogP contribution in [-0.2, 0) is 20.6 Å². The van der Waals surface area contributed by atoms with Crippen LogP contribution in [0, 0.1) is 0 Å². The Morgan fingerprint density at radius 3 is 2.37 bits per heavy atom. The number of nitrogens with one attached hydrogen (secondary N) is 3. The monoisotopic (exact) mass is 737 g/mol. The Morgan fingerprint density at radius 1 is 0.923 bits per heavy atom. The maximum absolute atomic E-state index is 13.8. The predicted octanol–water partition coefficient (Wildman–Crippen LogP) is 5.37. The van der Waals surface area contributed by atoms with Crippen molar-refractivity contribution in [3.05, 3.63) is 70.4 Å². The molecule has 0 bridgehead atoms. The lowest BCUT2D eigenvalue weighted by Crippen LogP contribution is -2.54. The molecule has 2 aliphatic heterocycles. The van der Waals surface area contributed by atoms with Crippen molar-refractivity contribution in [3.63, 3.8) is 0 Å². The molecule has 0 saturated carbocycles. The normalized spacial score (nSPS) is 16.0. The number of unbranched alkanes of at least 4 members (excludes halogenated alkanes) is 6. The van der Waals surface area contributed by atoms with Gasteiger partial charge in [-0.05, 0) is 55.0 Å². The van der Waals surface area contributed by atoms with Crippen molar-refractivity contribution in [1.82, 2.24) is 30.1 Å². The van der Waals surface area contributed by atoms with Crippen molar-refractivity contribution < 1.29 is 41.9 Å². The molecule has 1 aromatic carbocycles. The smallest absolute Gasteiger partial charge is 0.351 e. The third-order valence-corrected chi connectivity index (χ3v) is 9.71. The summed E-state index contributed by atoms with van der Waals surface area (Å²) in [7, 11) is 0. The van der Waals surface area contributed by atoms with Crippen molar-refractivity contribution >= 4 is 58.1 Å². The van der Waals surface area contributed by atoms with Gasteiger partial charge in [0.1, 0.15) is 6.04 Å². The number of halogens is 3. The van der Waals surface area contributed by atoms with Gasteiger partial charge < -0.3 is 10.6 Å². The van der Waals surface area contributed by atoms with Gasteiger partial charge in [-0.25, -0.2) is 9.50 Å². The quantitative estimate of drug-likeness (QED) is 0.115. The average molecular weight is 738 g/mol. The summed E-state index contributed by atoms with van der Waals surface area (Å²) in [6.45, 7) is 0.338. The molecule has 1 saturated heterocycles. The predicted molar refractivity (Wildman–Crippen MR) is 182 cm³/mol. The van der Waals surface area contributed by atoms with Gasteiger partial charge in [-0.3, -0.25) is 39.0 Å². The molecule has 6 rings (SSSR count). The van der Waals surface area contributed by atoms with E-state index in [-0.39, 0.29) is 53.3 Å². The minimum absolute atomic E-state index is 0.0225. The first kappa shape index (κ1) is 36.3. The van der Waals surface area contributed by atoms with Gasteiger partial charge in [0.05, 0.1) is 21.7 Å². The second-order valence-electron chi connectivity index (χ2n) is 12.5. The van der Waals surface area contributed by atoms with Crippen LogP contribution in [0.2, 0.25) is 0 Å². The molecule has 52 heavy (non-hydrogen) atoms. The lowest BCUT2D eigenvalue weighted by Gasteiger charge is -2.27. The number of aromatic nitrogens is 3. The van der Waals surface area contributed by atoms with Gasteiger partial charge in [-0.2, -0.15) is 18.3 Å². The minimum Gasteiger partial charge on any atom is -0.351 e. The number of hydrogen-bond donors (Lipinski definition) is 3. The van der Waals surface area contributed by atoms with Crippen LogP contribution in [0.1, 0.15) is 101 Å². The van der Waals surface area contributed by atoms with Crippen LogP contribution >= 0.6 is 11.3 Å². The number of carbonyl (C=O) groups is 6. The Kier molecular flexibility index (Phi) is 10.8. The van der Waals surface area contributed by atoms with Crippen LogP contribution < -0.4 is 16.0 Å². The second kappa shape index (κ2) is 15.4. The molecule has 1 fully saturated rings. The van der Waals surface area contributed by atoms with E-state index in [2.05, 4.69) is 26.0 Å². The zero-order valence-corrected chi connectivity index (χ0v) is 28.6. The van der Waals surface area contributed by atoms with Gasteiger partial charge >= 0.3 is 6.18 Å². The average Bonchev–Trinajstić information content (AvgIpc) is 3.84. The van der Waals surface area contributed by atoms with E-state index in [1.807, 2.05) is 0 Å². The zero-order valence-electron chi connectivity index (χ0n) is 27.8. The van der Waals surface area contributed by atoms with Crippen molar-refractivity contribution in [2.24, 2.45) is 0 Å². The van der Waals surface area contributed by atoms with Gasteiger partial charge in [0, 0.05) is 31.1 Å². The molecule has 13 nitrogen and oxygen atoms in total. The Labute approximate surface area is 299 Å². The summed E-state index contributed by atoms with van der Waals surface area (Å²) < 4.78 is 42.0. The summed E-state index contributed by atoms with van der Waals surface area (Å²) in [6, 6.07) is 8.88. The number of carbonyl (C=O) groups excluding carboxylic acids is 6. The number of rotatable bonds is 14. The van der Waals surface area contributed by atoms with Gasteiger partial charge in [-0.1, -0.05) is 38.2 Å². The van der Waals surface area contributed by atoms with Crippen LogP contribution in [0.25, 0.3) is 16.2 Å². The van der Waals surface area contributed by atoms with Crippen LogP contribution in [0.3, 0.4) is 0 Å². The summed E-state index contributed by atoms with van der Waals surface area (Å²) in [4.78, 5) is 80.5. The number of piperidine rings is 1. The Hall–Kier alpha value is -5.45. The lowest BCUT2D eigenvalue weighted by molar-refractivity contribution is -0.142. The van der Waals surface area contributed by atoms with E-state index in [1.54, 1.807) is 17.5 Å². The van der Waals surface area contributed by atoms with Crippen LogP contribution in [0.4, 0.5) is 18.9 Å². The molecule has 2 aliphatic rings. The highest BCUT2D eigenvalue weighted by Crippen LogP contribution is 2.34. The van der Waals surface area contributed by atoms with E-state index in [0.717, 1.165) is 43.1 Å². The first-order chi connectivity index (χ1) is 24.9. The van der Waals surface area contributed by atoms with Gasteiger partial charge in [0.25, 0.3) is 17.7 Å². The molecular formula is C35H34F3N7O6S. The maximum atomic E-state index is 13.8. The number of nitrogens with zero attached hydrogens (tertiary/aromatic N) is 4. The van der Waals surface area contributed by atoms with E-state index in [0.29, 0.717) is 34.5 Å². The highest BCUT2D eigenvalue weighted by Gasteiger charge is 2.44. The number of hydrogen-bond acceptors (Lipinski definition) is 9. The van der Waals surface area contributed by atoms with Crippen molar-refractivity contribution in [1.29, 1.82) is 0 Å². The fourth-order valence-corrected chi connectivity index (χ4v) is 6.88. The van der Waals surface area contributed by atoms with Crippen molar-refractivity contribution in [2.45, 2.75) is 76.4 Å². The number of anilines is 1. The molecule has 0 aliphatic carbocycles. The third kappa shape index (κ3) is 8.03. The minimum atomic E-state index is -4.69. The number of benzene rings is 1. The summed E-state index contributed by atoms with van der Waals surface area (Å²) in [5, 5.41) is 13.2. The SMILES string of the molecule is O=C1CCC(N2C(=O)c3ccc(NC(=O)CCCCCCCCCNC(=O)c4cc5nc(-c6cccs6)cc(C(F)(F)F)n5n4)cc3C2=O)C(=O)N1. The summed E-state index contributed by atoms with van der Waals surface area (Å²) in [5.41, 5.74) is -0.512. The van der Waals surface area contributed by atoms with Crippen LogP contribution in [-0.4, -0.2) is 67.5 Å². The molecule has 3 N–H and O–H groups in total. The fourth-order valence-electron chi connectivity index (χ4n) is 6.20. The molecule has 0 radical (unpaired) electrons. The third-order valence-electron chi connectivity index (χ3n) is 8.81. The van der Waals surface area contributed by atoms with E-state index in [4.69, 9.17) is 0 Å². The Bertz CT molecular complexity index is 2050. The molecule has 1 unspecified atom stereocenters. The molecule has 4 aromatic rings. The van der Waals surface area contributed by atoms with Crippen molar-refractivity contribution in [3.8, 4) is 10.6 Å². The molecule has 1 atom stereocenters. The zero-order chi connectivity index (χ0) is 37.0. The standard InChI is InChI=1S/C35H34F3N7O6S/c36-35(37,38)27-18-23(26-9-8-16-52-26)41-28-19-24(43-45(27)28)31(48)39-15-7-5-3-1-2-4-6-10-29(46)40-20-11-12-21-22(17-20)34(51)44(33(21)50)25-13-14-30(47)42-32(25)49/h8-9,11-12,16-19,25H,1-7,10,13-15H2,(H,39,48)(H,40,46)(H,42,47,49). The second-order valence-corrected chi connectivity index (χ2v) is 13.5. The first-order valence-corrected chi connectivity index (χ1v) is 17.7. The lowest BCUT2D eigenvalue weighted by atomic mass is 10.0. The summed E-state index contributed by atoms with van der Waals surface area (Å²) in [5.74, 6) is -3.24. The van der Waals surface area contributed by atoms with Crippen LogP contribution in [0.5, 0.6) is 0 Å². The van der Waals surface area contributed by atoms with Gasteiger partial charge in [0.2, 0.25) is 17.7 Å². The van der Waals surface area contributed by atoms with Crippen LogP contribution in [0.15, 0.2) is 47.8 Å². The molecule has 17 heteroatoms. The molecule has 6 amide bonds. The Balaban J connectivity index is 0.871. The maximum Gasteiger partial charge on any atom is 0.433 e. The van der Waals surface area contributed by atoms with E-state index >= 15 is 0 Å². The van der Waals surface area contributed by atoms with Gasteiger partial charge in [0.15, 0.2) is 17.0 Å². The first-order valence-electron chi connectivity index (χ1n) is 16.9. The topological polar surface area (TPSA) is 172 Å². The number of alkyl halides is 3. The molecule has 5 heterocycles. The number of fused-ring (bicyclic) bond motifs is 2. The molecule has 272 valence electrons. The highest BCUT2D eigenvalue weighted by atomic mass is 32.1. The Morgan fingerprint density at radius 2 is 1.65 bits per heavy atom. The fraction of sp³-hybridized carbons (Fsp3) is 0.371. The van der Waals surface area contributed by atoms with E-state index < -0.39 is 47.4 Å². The van der Waals surface area contributed by atoms with Gasteiger partial charge in [-0.15, -0.1) is 11.3 Å². The van der Waals surface area contributed by atoms with E-state index in [1.165, 1.54) is 35.6 Å².